The summed E-state index contributed by atoms with van der Waals surface area (Å²) in [6, 6.07) is 24.6. The number of para-hydroxylation sites is 2. The Morgan fingerprint density at radius 1 is 0.889 bits per heavy atom. The summed E-state index contributed by atoms with van der Waals surface area (Å²) < 4.78 is 11.3. The van der Waals surface area contributed by atoms with Crippen LogP contribution in [0, 0.1) is 0 Å². The number of amides is 1. The molecule has 3 aromatic rings. The summed E-state index contributed by atoms with van der Waals surface area (Å²) in [5.41, 5.74) is 2.49. The third-order valence-corrected chi connectivity index (χ3v) is 4.32. The second kappa shape index (κ2) is 8.90. The first-order valence-electron chi connectivity index (χ1n) is 8.88. The lowest BCUT2D eigenvalue weighted by molar-refractivity contribution is 0.0935. The van der Waals surface area contributed by atoms with Crippen LogP contribution in [0.5, 0.6) is 11.5 Å². The van der Waals surface area contributed by atoms with Crippen LogP contribution in [0.1, 0.15) is 34.5 Å². The van der Waals surface area contributed by atoms with E-state index in [4.69, 9.17) is 9.47 Å². The molecule has 0 heterocycles. The van der Waals surface area contributed by atoms with E-state index in [1.54, 1.807) is 13.2 Å². The van der Waals surface area contributed by atoms with Crippen LogP contribution in [0.4, 0.5) is 0 Å². The van der Waals surface area contributed by atoms with E-state index in [-0.39, 0.29) is 11.9 Å². The third kappa shape index (κ3) is 4.67. The average Bonchev–Trinajstić information content (AvgIpc) is 2.73. The molecule has 0 aliphatic carbocycles. The topological polar surface area (TPSA) is 47.6 Å². The lowest BCUT2D eigenvalue weighted by Gasteiger charge is -2.18. The molecule has 0 aliphatic heterocycles. The Labute approximate surface area is 159 Å². The van der Waals surface area contributed by atoms with E-state index < -0.39 is 0 Å². The van der Waals surface area contributed by atoms with Crippen LogP contribution in [-0.2, 0) is 6.61 Å². The smallest absolute Gasteiger partial charge is 0.255 e. The molecule has 4 nitrogen and oxygen atoms in total. The first kappa shape index (κ1) is 18.5. The summed E-state index contributed by atoms with van der Waals surface area (Å²) in [5, 5.41) is 3.03. The minimum absolute atomic E-state index is 0.183. The van der Waals surface area contributed by atoms with Gasteiger partial charge in [-0.15, -0.1) is 0 Å². The summed E-state index contributed by atoms with van der Waals surface area (Å²) in [4.78, 5) is 12.8. The molecule has 0 aromatic heterocycles. The van der Waals surface area contributed by atoms with Crippen LogP contribution < -0.4 is 14.8 Å². The molecule has 0 radical (unpaired) electrons. The molecule has 27 heavy (non-hydrogen) atoms. The monoisotopic (exact) mass is 361 g/mol. The predicted molar refractivity (Wildman–Crippen MR) is 106 cm³/mol. The summed E-state index contributed by atoms with van der Waals surface area (Å²) in [6.45, 7) is 2.34. The number of hydrogen-bond acceptors (Lipinski definition) is 3. The molecule has 0 bridgehead atoms. The molecule has 0 fully saturated rings. The van der Waals surface area contributed by atoms with E-state index in [1.165, 1.54) is 0 Å². The maximum Gasteiger partial charge on any atom is 0.255 e. The largest absolute Gasteiger partial charge is 0.496 e. The van der Waals surface area contributed by atoms with Crippen LogP contribution in [0.3, 0.4) is 0 Å². The van der Waals surface area contributed by atoms with Gasteiger partial charge in [-0.05, 0) is 30.7 Å². The maximum absolute atomic E-state index is 12.8. The number of carbonyl (C=O) groups excluding carboxylic acids is 1. The molecule has 0 unspecified atom stereocenters. The number of hydrogen-bond donors (Lipinski definition) is 1. The first-order valence-corrected chi connectivity index (χ1v) is 8.88. The van der Waals surface area contributed by atoms with E-state index in [2.05, 4.69) is 5.32 Å². The Morgan fingerprint density at radius 2 is 1.52 bits per heavy atom. The molecular formula is C23H23NO3. The number of rotatable bonds is 7. The molecular weight excluding hydrogens is 338 g/mol. The van der Waals surface area contributed by atoms with E-state index in [0.29, 0.717) is 17.9 Å². The highest BCUT2D eigenvalue weighted by molar-refractivity contribution is 5.97. The standard InChI is InChI=1S/C23H23NO3/c1-17(19-12-6-8-14-21(19)26-2)24-23(25)20-13-7-9-15-22(20)27-16-18-10-4-3-5-11-18/h3-15,17H,16H2,1-2H3,(H,24,25)/t17-/m0/s1. The van der Waals surface area contributed by atoms with Crippen molar-refractivity contribution >= 4 is 5.91 Å². The fourth-order valence-corrected chi connectivity index (χ4v) is 2.89. The van der Waals surface area contributed by atoms with Crippen LogP contribution in [-0.4, -0.2) is 13.0 Å². The van der Waals surface area contributed by atoms with Crippen molar-refractivity contribution < 1.29 is 14.3 Å². The number of nitrogens with one attached hydrogen (secondary N) is 1. The second-order valence-corrected chi connectivity index (χ2v) is 6.21. The van der Waals surface area contributed by atoms with Crippen LogP contribution >= 0.6 is 0 Å². The van der Waals surface area contributed by atoms with Gasteiger partial charge in [-0.1, -0.05) is 60.7 Å². The molecule has 0 aliphatic rings. The number of methoxy groups -OCH3 is 1. The van der Waals surface area contributed by atoms with E-state index in [0.717, 1.165) is 16.9 Å². The average molecular weight is 361 g/mol. The Balaban J connectivity index is 1.73. The van der Waals surface area contributed by atoms with E-state index in [9.17, 15) is 4.79 Å². The lowest BCUT2D eigenvalue weighted by Crippen LogP contribution is -2.27. The quantitative estimate of drug-likeness (QED) is 0.660. The minimum Gasteiger partial charge on any atom is -0.496 e. The van der Waals surface area contributed by atoms with Crippen molar-refractivity contribution in [3.63, 3.8) is 0 Å². The van der Waals surface area contributed by atoms with Crippen LogP contribution in [0.25, 0.3) is 0 Å². The summed E-state index contributed by atoms with van der Waals surface area (Å²) in [7, 11) is 1.63. The normalized spacial score (nSPS) is 11.5. The summed E-state index contributed by atoms with van der Waals surface area (Å²) >= 11 is 0. The number of benzene rings is 3. The van der Waals surface area contributed by atoms with Crippen molar-refractivity contribution in [2.24, 2.45) is 0 Å². The van der Waals surface area contributed by atoms with Gasteiger partial charge in [-0.3, -0.25) is 4.79 Å². The molecule has 3 rings (SSSR count). The second-order valence-electron chi connectivity index (χ2n) is 6.21. The molecule has 3 aromatic carbocycles. The van der Waals surface area contributed by atoms with Gasteiger partial charge < -0.3 is 14.8 Å². The van der Waals surface area contributed by atoms with Crippen molar-refractivity contribution in [1.29, 1.82) is 0 Å². The van der Waals surface area contributed by atoms with Gasteiger partial charge in [0.25, 0.3) is 5.91 Å². The first-order chi connectivity index (χ1) is 13.2. The minimum atomic E-state index is -0.198. The van der Waals surface area contributed by atoms with Gasteiger partial charge in [0.05, 0.1) is 18.7 Å². The Morgan fingerprint density at radius 3 is 2.26 bits per heavy atom. The maximum atomic E-state index is 12.8. The van der Waals surface area contributed by atoms with Gasteiger partial charge in [-0.25, -0.2) is 0 Å². The van der Waals surface area contributed by atoms with Crippen LogP contribution in [0.2, 0.25) is 0 Å². The van der Waals surface area contributed by atoms with Crippen molar-refractivity contribution in [3.8, 4) is 11.5 Å². The highest BCUT2D eigenvalue weighted by Crippen LogP contribution is 2.26. The van der Waals surface area contributed by atoms with Gasteiger partial charge >= 0.3 is 0 Å². The predicted octanol–water partition coefficient (Wildman–Crippen LogP) is 4.77. The zero-order valence-corrected chi connectivity index (χ0v) is 15.5. The highest BCUT2D eigenvalue weighted by Gasteiger charge is 2.17. The van der Waals surface area contributed by atoms with Gasteiger partial charge in [0.15, 0.2) is 0 Å². The molecule has 138 valence electrons. The zero-order valence-electron chi connectivity index (χ0n) is 15.5. The number of carbonyl (C=O) groups is 1. The highest BCUT2D eigenvalue weighted by atomic mass is 16.5. The van der Waals surface area contributed by atoms with Crippen molar-refractivity contribution in [2.75, 3.05) is 7.11 Å². The molecule has 1 amide bonds. The summed E-state index contributed by atoms with van der Waals surface area (Å²) in [5.74, 6) is 1.13. The number of ether oxygens (including phenoxy) is 2. The van der Waals surface area contributed by atoms with Crippen molar-refractivity contribution in [2.45, 2.75) is 19.6 Å². The van der Waals surface area contributed by atoms with Gasteiger partial charge in [-0.2, -0.15) is 0 Å². The molecule has 0 saturated carbocycles. The van der Waals surface area contributed by atoms with Crippen molar-refractivity contribution in [1.82, 2.24) is 5.32 Å². The molecule has 1 atom stereocenters. The van der Waals surface area contributed by atoms with Gasteiger partial charge in [0.2, 0.25) is 0 Å². The fraction of sp³-hybridized carbons (Fsp3) is 0.174. The van der Waals surface area contributed by atoms with Crippen molar-refractivity contribution in [3.05, 3.63) is 95.6 Å². The zero-order chi connectivity index (χ0) is 19.1. The van der Waals surface area contributed by atoms with Gasteiger partial charge in [0, 0.05) is 5.56 Å². The molecule has 4 heteroatoms. The van der Waals surface area contributed by atoms with Gasteiger partial charge in [0.1, 0.15) is 18.1 Å². The molecule has 0 saturated heterocycles. The third-order valence-electron chi connectivity index (χ3n) is 4.32. The SMILES string of the molecule is COc1ccccc1[C@H](C)NC(=O)c1ccccc1OCc1ccccc1. The summed E-state index contributed by atoms with van der Waals surface area (Å²) in [6.07, 6.45) is 0. The Bertz CT molecular complexity index is 893. The lowest BCUT2D eigenvalue weighted by atomic mass is 10.1. The fourth-order valence-electron chi connectivity index (χ4n) is 2.89. The Hall–Kier alpha value is -3.27. The van der Waals surface area contributed by atoms with E-state index >= 15 is 0 Å². The van der Waals surface area contributed by atoms with Crippen LogP contribution in [0.15, 0.2) is 78.9 Å². The van der Waals surface area contributed by atoms with E-state index in [1.807, 2.05) is 79.7 Å². The molecule has 0 spiro atoms. The Kier molecular flexibility index (Phi) is 6.10. The molecule has 1 N–H and O–H groups in total.